The lowest BCUT2D eigenvalue weighted by Gasteiger charge is -2.29. The third-order valence-corrected chi connectivity index (χ3v) is 3.11. The lowest BCUT2D eigenvalue weighted by molar-refractivity contribution is 0.0156. The van der Waals surface area contributed by atoms with Gasteiger partial charge in [0.1, 0.15) is 0 Å². The summed E-state index contributed by atoms with van der Waals surface area (Å²) in [5.74, 6) is 0. The molecule has 2 heteroatoms. The fraction of sp³-hybridized carbons (Fsp3) is 1.00. The Morgan fingerprint density at radius 3 is 2.50 bits per heavy atom. The molecule has 2 nitrogen and oxygen atoms in total. The summed E-state index contributed by atoms with van der Waals surface area (Å²) in [5.41, 5.74) is 0. The predicted molar refractivity (Wildman–Crippen MR) is 60.6 cm³/mol. The highest BCUT2D eigenvalue weighted by atomic mass is 16.5. The smallest absolute Gasteiger partial charge is 0.0727 e. The highest BCUT2D eigenvalue weighted by Gasteiger charge is 2.21. The van der Waals surface area contributed by atoms with Crippen LogP contribution in [0.15, 0.2) is 0 Å². The molecule has 84 valence electrons. The van der Waals surface area contributed by atoms with Gasteiger partial charge in [0, 0.05) is 12.6 Å². The summed E-state index contributed by atoms with van der Waals surface area (Å²) in [4.78, 5) is 0. The molecule has 1 aliphatic carbocycles. The Balaban J connectivity index is 2.37. The number of likely N-dealkylation sites (N-methyl/N-ethyl adjacent to an activating group) is 1. The molecule has 1 aliphatic rings. The van der Waals surface area contributed by atoms with E-state index in [0.717, 1.165) is 13.0 Å². The van der Waals surface area contributed by atoms with Crippen molar-refractivity contribution in [3.63, 3.8) is 0 Å². The van der Waals surface area contributed by atoms with Crippen LogP contribution >= 0.6 is 0 Å². The van der Waals surface area contributed by atoms with E-state index in [1.54, 1.807) is 0 Å². The van der Waals surface area contributed by atoms with E-state index < -0.39 is 0 Å². The van der Waals surface area contributed by atoms with Gasteiger partial charge in [-0.25, -0.2) is 0 Å². The normalized spacial score (nSPS) is 29.6. The third-order valence-electron chi connectivity index (χ3n) is 3.11. The maximum Gasteiger partial charge on any atom is 0.0727 e. The van der Waals surface area contributed by atoms with Crippen LogP contribution in [0.4, 0.5) is 0 Å². The zero-order valence-corrected chi connectivity index (χ0v) is 9.72. The van der Waals surface area contributed by atoms with Gasteiger partial charge in [-0.3, -0.25) is 0 Å². The van der Waals surface area contributed by atoms with Crippen LogP contribution in [0.1, 0.15) is 51.9 Å². The van der Waals surface area contributed by atoms with Gasteiger partial charge in [0.25, 0.3) is 0 Å². The van der Waals surface area contributed by atoms with Crippen LogP contribution in [0, 0.1) is 0 Å². The molecule has 2 atom stereocenters. The number of rotatable bonds is 4. The lowest BCUT2D eigenvalue weighted by Crippen LogP contribution is -2.40. The molecule has 0 aromatic heterocycles. The molecule has 0 aromatic rings. The number of hydrogen-bond acceptors (Lipinski definition) is 2. The molecular formula is C12H25NO. The topological polar surface area (TPSA) is 21.3 Å². The molecule has 1 fully saturated rings. The average Bonchev–Trinajstić information content (AvgIpc) is 2.17. The second-order valence-corrected chi connectivity index (χ2v) is 4.30. The highest BCUT2D eigenvalue weighted by molar-refractivity contribution is 4.78. The number of nitrogens with one attached hydrogen (secondary N) is 1. The summed E-state index contributed by atoms with van der Waals surface area (Å²) >= 11 is 0. The Kier molecular flexibility index (Phi) is 6.20. The number of hydrogen-bond donors (Lipinski definition) is 1. The van der Waals surface area contributed by atoms with Gasteiger partial charge in [-0.15, -0.1) is 0 Å². The van der Waals surface area contributed by atoms with E-state index in [9.17, 15) is 0 Å². The molecule has 0 saturated heterocycles. The molecule has 1 rings (SSSR count). The van der Waals surface area contributed by atoms with Gasteiger partial charge in [0.05, 0.1) is 6.10 Å². The second-order valence-electron chi connectivity index (χ2n) is 4.30. The van der Waals surface area contributed by atoms with Gasteiger partial charge in [-0.2, -0.15) is 0 Å². The quantitative estimate of drug-likeness (QED) is 0.751. The molecule has 0 spiro atoms. The van der Waals surface area contributed by atoms with Crippen LogP contribution in [-0.2, 0) is 4.74 Å². The monoisotopic (exact) mass is 199 g/mol. The maximum atomic E-state index is 5.91. The Labute approximate surface area is 88.4 Å². The molecular weight excluding hydrogens is 174 g/mol. The van der Waals surface area contributed by atoms with Crippen molar-refractivity contribution in [3.05, 3.63) is 0 Å². The van der Waals surface area contributed by atoms with E-state index in [0.29, 0.717) is 12.1 Å². The SMILES string of the molecule is CCCOC1CCCCCCC1NC. The van der Waals surface area contributed by atoms with Crippen molar-refractivity contribution in [2.75, 3.05) is 13.7 Å². The zero-order chi connectivity index (χ0) is 10.2. The van der Waals surface area contributed by atoms with E-state index >= 15 is 0 Å². The van der Waals surface area contributed by atoms with Crippen molar-refractivity contribution in [1.82, 2.24) is 5.32 Å². The van der Waals surface area contributed by atoms with E-state index in [2.05, 4.69) is 19.3 Å². The van der Waals surface area contributed by atoms with Gasteiger partial charge in [0.2, 0.25) is 0 Å². The van der Waals surface area contributed by atoms with Crippen LogP contribution in [0.2, 0.25) is 0 Å². The molecule has 0 bridgehead atoms. The first kappa shape index (κ1) is 12.0. The molecule has 0 heterocycles. The second kappa shape index (κ2) is 7.24. The van der Waals surface area contributed by atoms with Crippen LogP contribution in [-0.4, -0.2) is 25.8 Å². The Morgan fingerprint density at radius 2 is 1.86 bits per heavy atom. The Hall–Kier alpha value is -0.0800. The van der Waals surface area contributed by atoms with Gasteiger partial charge in [-0.05, 0) is 26.3 Å². The van der Waals surface area contributed by atoms with Crippen molar-refractivity contribution < 1.29 is 4.74 Å². The van der Waals surface area contributed by atoms with E-state index in [-0.39, 0.29) is 0 Å². The zero-order valence-electron chi connectivity index (χ0n) is 9.72. The lowest BCUT2D eigenvalue weighted by atomic mass is 9.94. The summed E-state index contributed by atoms with van der Waals surface area (Å²) in [6.07, 6.45) is 9.61. The molecule has 1 N–H and O–H groups in total. The summed E-state index contributed by atoms with van der Waals surface area (Å²) in [7, 11) is 2.06. The first-order valence-corrected chi connectivity index (χ1v) is 6.17. The maximum absolute atomic E-state index is 5.91. The van der Waals surface area contributed by atoms with Crippen LogP contribution in [0.3, 0.4) is 0 Å². The molecule has 0 aromatic carbocycles. The predicted octanol–water partition coefficient (Wildman–Crippen LogP) is 2.72. The van der Waals surface area contributed by atoms with Gasteiger partial charge < -0.3 is 10.1 Å². The van der Waals surface area contributed by atoms with E-state index in [1.807, 2.05) is 0 Å². The minimum absolute atomic E-state index is 0.459. The minimum atomic E-state index is 0.459. The van der Waals surface area contributed by atoms with E-state index in [4.69, 9.17) is 4.74 Å². The Morgan fingerprint density at radius 1 is 1.14 bits per heavy atom. The molecule has 0 radical (unpaired) electrons. The van der Waals surface area contributed by atoms with Crippen molar-refractivity contribution in [2.24, 2.45) is 0 Å². The molecule has 14 heavy (non-hydrogen) atoms. The first-order chi connectivity index (χ1) is 6.88. The standard InChI is InChI=1S/C12H25NO/c1-3-10-14-12-9-7-5-4-6-8-11(12)13-2/h11-13H,3-10H2,1-2H3. The number of ether oxygens (including phenoxy) is 1. The third kappa shape index (κ3) is 3.97. The summed E-state index contributed by atoms with van der Waals surface area (Å²) in [6, 6.07) is 0.585. The molecule has 2 unspecified atom stereocenters. The van der Waals surface area contributed by atoms with Crippen LogP contribution in [0.5, 0.6) is 0 Å². The van der Waals surface area contributed by atoms with Crippen molar-refractivity contribution in [3.8, 4) is 0 Å². The highest BCUT2D eigenvalue weighted by Crippen LogP contribution is 2.20. The van der Waals surface area contributed by atoms with Gasteiger partial charge in [0.15, 0.2) is 0 Å². The van der Waals surface area contributed by atoms with Gasteiger partial charge in [-0.1, -0.05) is 32.6 Å². The largest absolute Gasteiger partial charge is 0.377 e. The first-order valence-electron chi connectivity index (χ1n) is 6.17. The summed E-state index contributed by atoms with van der Waals surface area (Å²) in [5, 5.41) is 3.41. The van der Waals surface area contributed by atoms with Crippen molar-refractivity contribution >= 4 is 0 Å². The molecule has 0 aliphatic heterocycles. The molecule has 1 saturated carbocycles. The molecule has 0 amide bonds. The van der Waals surface area contributed by atoms with Gasteiger partial charge >= 0.3 is 0 Å². The van der Waals surface area contributed by atoms with E-state index in [1.165, 1.54) is 38.5 Å². The van der Waals surface area contributed by atoms with Crippen molar-refractivity contribution in [1.29, 1.82) is 0 Å². The fourth-order valence-electron chi connectivity index (χ4n) is 2.25. The summed E-state index contributed by atoms with van der Waals surface area (Å²) in [6.45, 7) is 3.10. The van der Waals surface area contributed by atoms with Crippen molar-refractivity contribution in [2.45, 2.75) is 64.0 Å². The average molecular weight is 199 g/mol. The van der Waals surface area contributed by atoms with Crippen LogP contribution < -0.4 is 5.32 Å². The fourth-order valence-corrected chi connectivity index (χ4v) is 2.25. The summed E-state index contributed by atoms with van der Waals surface area (Å²) < 4.78 is 5.91. The Bertz CT molecular complexity index is 136. The van der Waals surface area contributed by atoms with Crippen LogP contribution in [0.25, 0.3) is 0 Å². The minimum Gasteiger partial charge on any atom is -0.377 e.